The standard InChI is InChI=1S/C17H16N2O4/c1-22-12-7-11(8-13(9-12)23-2)17-18-14-4-3-10(6-16(20)21)5-15(14)19-17/h3-5,7-9H,6H2,1-2H3,(H,18,19)(H,20,21). The van der Waals surface area contributed by atoms with Gasteiger partial charge in [0.25, 0.3) is 0 Å². The highest BCUT2D eigenvalue weighted by Gasteiger charge is 2.10. The maximum absolute atomic E-state index is 10.8. The molecule has 0 amide bonds. The quantitative estimate of drug-likeness (QED) is 0.756. The molecule has 1 aromatic heterocycles. The van der Waals surface area contributed by atoms with Crippen LogP contribution >= 0.6 is 0 Å². The van der Waals surface area contributed by atoms with Crippen LogP contribution in [0.2, 0.25) is 0 Å². The summed E-state index contributed by atoms with van der Waals surface area (Å²) in [5.74, 6) is 1.16. The number of imidazole rings is 1. The molecule has 0 aliphatic rings. The van der Waals surface area contributed by atoms with E-state index in [1.54, 1.807) is 32.4 Å². The number of hydrogen-bond acceptors (Lipinski definition) is 4. The van der Waals surface area contributed by atoms with Crippen LogP contribution < -0.4 is 9.47 Å². The predicted molar refractivity (Wildman–Crippen MR) is 86.0 cm³/mol. The molecule has 0 aliphatic carbocycles. The maximum atomic E-state index is 10.8. The van der Waals surface area contributed by atoms with Crippen LogP contribution in [0.15, 0.2) is 36.4 Å². The third kappa shape index (κ3) is 3.11. The SMILES string of the molecule is COc1cc(OC)cc(-c2nc3ccc(CC(=O)O)cc3[nH]2)c1. The van der Waals surface area contributed by atoms with Gasteiger partial charge in [0.1, 0.15) is 17.3 Å². The number of ether oxygens (including phenoxy) is 2. The highest BCUT2D eigenvalue weighted by atomic mass is 16.5. The van der Waals surface area contributed by atoms with Crippen LogP contribution in [0.5, 0.6) is 11.5 Å². The first-order chi connectivity index (χ1) is 11.1. The molecule has 0 unspecified atom stereocenters. The smallest absolute Gasteiger partial charge is 0.307 e. The number of fused-ring (bicyclic) bond motifs is 1. The second-order valence-electron chi connectivity index (χ2n) is 5.11. The summed E-state index contributed by atoms with van der Waals surface area (Å²) in [7, 11) is 3.19. The van der Waals surface area contributed by atoms with Gasteiger partial charge in [-0.05, 0) is 29.8 Å². The number of aliphatic carboxylic acids is 1. The third-order valence-corrected chi connectivity index (χ3v) is 3.53. The first kappa shape index (κ1) is 14.9. The van der Waals surface area contributed by atoms with Crippen molar-refractivity contribution in [2.45, 2.75) is 6.42 Å². The number of carboxylic acids is 1. The summed E-state index contributed by atoms with van der Waals surface area (Å²) in [6, 6.07) is 10.9. The van der Waals surface area contributed by atoms with E-state index in [1.807, 2.05) is 18.2 Å². The predicted octanol–water partition coefficient (Wildman–Crippen LogP) is 2.87. The lowest BCUT2D eigenvalue weighted by atomic mass is 10.1. The molecule has 1 heterocycles. The van der Waals surface area contributed by atoms with Crippen LogP contribution in [0.1, 0.15) is 5.56 Å². The number of aromatic amines is 1. The van der Waals surface area contributed by atoms with Gasteiger partial charge in [-0.2, -0.15) is 0 Å². The van der Waals surface area contributed by atoms with E-state index < -0.39 is 5.97 Å². The molecule has 0 saturated heterocycles. The monoisotopic (exact) mass is 312 g/mol. The molecule has 0 aliphatic heterocycles. The van der Waals surface area contributed by atoms with Gasteiger partial charge in [-0.1, -0.05) is 6.07 Å². The fourth-order valence-electron chi connectivity index (χ4n) is 2.42. The van der Waals surface area contributed by atoms with Crippen molar-refractivity contribution in [1.29, 1.82) is 0 Å². The molecule has 118 valence electrons. The first-order valence-electron chi connectivity index (χ1n) is 7.03. The first-order valence-corrected chi connectivity index (χ1v) is 7.03. The Morgan fingerprint density at radius 1 is 1.13 bits per heavy atom. The lowest BCUT2D eigenvalue weighted by molar-refractivity contribution is -0.136. The van der Waals surface area contributed by atoms with Crippen LogP contribution in [-0.2, 0) is 11.2 Å². The number of methoxy groups -OCH3 is 2. The van der Waals surface area contributed by atoms with E-state index in [0.717, 1.165) is 22.2 Å². The largest absolute Gasteiger partial charge is 0.497 e. The number of nitrogens with one attached hydrogen (secondary N) is 1. The van der Waals surface area contributed by atoms with Crippen LogP contribution in [0.3, 0.4) is 0 Å². The summed E-state index contributed by atoms with van der Waals surface area (Å²) in [6.07, 6.45) is -0.0166. The summed E-state index contributed by atoms with van der Waals surface area (Å²) < 4.78 is 10.5. The van der Waals surface area contributed by atoms with E-state index in [-0.39, 0.29) is 6.42 Å². The van der Waals surface area contributed by atoms with Gasteiger partial charge in [0.2, 0.25) is 0 Å². The van der Waals surface area contributed by atoms with E-state index in [2.05, 4.69) is 9.97 Å². The highest BCUT2D eigenvalue weighted by Crippen LogP contribution is 2.29. The third-order valence-electron chi connectivity index (χ3n) is 3.53. The van der Waals surface area contributed by atoms with E-state index >= 15 is 0 Å². The molecule has 2 aromatic carbocycles. The average Bonchev–Trinajstić information content (AvgIpc) is 2.97. The Hall–Kier alpha value is -3.02. The lowest BCUT2D eigenvalue weighted by Crippen LogP contribution is -1.99. The normalized spacial score (nSPS) is 10.7. The van der Waals surface area contributed by atoms with E-state index in [1.165, 1.54) is 0 Å². The fourth-order valence-corrected chi connectivity index (χ4v) is 2.42. The minimum atomic E-state index is -0.860. The summed E-state index contributed by atoms with van der Waals surface area (Å²) in [6.45, 7) is 0. The second kappa shape index (κ2) is 6.00. The molecule has 6 heteroatoms. The van der Waals surface area contributed by atoms with Gasteiger partial charge in [0.05, 0.1) is 31.7 Å². The second-order valence-corrected chi connectivity index (χ2v) is 5.11. The van der Waals surface area contributed by atoms with Crippen molar-refractivity contribution >= 4 is 17.0 Å². The molecule has 0 saturated carbocycles. The minimum Gasteiger partial charge on any atom is -0.497 e. The molecule has 6 nitrogen and oxygen atoms in total. The molecule has 0 fully saturated rings. The van der Waals surface area contributed by atoms with Crippen LogP contribution in [0, 0.1) is 0 Å². The van der Waals surface area contributed by atoms with Crippen molar-refractivity contribution in [3.8, 4) is 22.9 Å². The summed E-state index contributed by atoms with van der Waals surface area (Å²) in [5, 5.41) is 8.88. The molecular formula is C17H16N2O4. The number of hydrogen-bond donors (Lipinski definition) is 2. The fraction of sp³-hybridized carbons (Fsp3) is 0.176. The number of aromatic nitrogens is 2. The molecule has 0 atom stereocenters. The molecule has 3 aromatic rings. The summed E-state index contributed by atoms with van der Waals surface area (Å²) in [4.78, 5) is 18.6. The van der Waals surface area contributed by atoms with Crippen LogP contribution in [0.4, 0.5) is 0 Å². The molecular weight excluding hydrogens is 296 g/mol. The lowest BCUT2D eigenvalue weighted by Gasteiger charge is -2.06. The van der Waals surface area contributed by atoms with Gasteiger partial charge < -0.3 is 19.6 Å². The van der Waals surface area contributed by atoms with Gasteiger partial charge in [-0.3, -0.25) is 4.79 Å². The number of carbonyl (C=O) groups is 1. The molecule has 23 heavy (non-hydrogen) atoms. The van der Waals surface area contributed by atoms with E-state index in [4.69, 9.17) is 14.6 Å². The van der Waals surface area contributed by atoms with Gasteiger partial charge in [0, 0.05) is 11.6 Å². The Morgan fingerprint density at radius 3 is 2.43 bits per heavy atom. The number of nitrogens with zero attached hydrogens (tertiary/aromatic N) is 1. The van der Waals surface area contributed by atoms with E-state index in [9.17, 15) is 4.79 Å². The topological polar surface area (TPSA) is 84.4 Å². The number of benzene rings is 2. The Kier molecular flexibility index (Phi) is 3.89. The van der Waals surface area contributed by atoms with Crippen molar-refractivity contribution < 1.29 is 19.4 Å². The Morgan fingerprint density at radius 2 is 1.83 bits per heavy atom. The Bertz CT molecular complexity index is 848. The number of H-pyrrole nitrogens is 1. The van der Waals surface area contributed by atoms with Crippen LogP contribution in [-0.4, -0.2) is 35.3 Å². The van der Waals surface area contributed by atoms with Gasteiger partial charge in [-0.15, -0.1) is 0 Å². The van der Waals surface area contributed by atoms with Crippen molar-refractivity contribution in [3.05, 3.63) is 42.0 Å². The zero-order valence-corrected chi connectivity index (χ0v) is 12.8. The van der Waals surface area contributed by atoms with Gasteiger partial charge in [-0.25, -0.2) is 4.98 Å². The number of rotatable bonds is 5. The molecule has 0 bridgehead atoms. The summed E-state index contributed by atoms with van der Waals surface area (Å²) >= 11 is 0. The summed E-state index contributed by atoms with van der Waals surface area (Å²) in [5.41, 5.74) is 3.12. The average molecular weight is 312 g/mol. The zero-order valence-electron chi connectivity index (χ0n) is 12.8. The van der Waals surface area contributed by atoms with Crippen molar-refractivity contribution in [3.63, 3.8) is 0 Å². The Balaban J connectivity index is 2.04. The van der Waals surface area contributed by atoms with Crippen molar-refractivity contribution in [2.75, 3.05) is 14.2 Å². The van der Waals surface area contributed by atoms with Gasteiger partial charge in [0.15, 0.2) is 0 Å². The zero-order chi connectivity index (χ0) is 16.4. The molecule has 0 spiro atoms. The van der Waals surface area contributed by atoms with Crippen molar-refractivity contribution in [2.24, 2.45) is 0 Å². The molecule has 0 radical (unpaired) electrons. The Labute approximate surface area is 132 Å². The highest BCUT2D eigenvalue weighted by molar-refractivity contribution is 5.82. The number of carboxylic acid groups (broad SMARTS) is 1. The molecule has 3 rings (SSSR count). The van der Waals surface area contributed by atoms with Crippen LogP contribution in [0.25, 0.3) is 22.4 Å². The van der Waals surface area contributed by atoms with Gasteiger partial charge >= 0.3 is 5.97 Å². The molecule has 2 N–H and O–H groups in total. The minimum absolute atomic E-state index is 0.0166. The van der Waals surface area contributed by atoms with Crippen molar-refractivity contribution in [1.82, 2.24) is 9.97 Å². The van der Waals surface area contributed by atoms with E-state index in [0.29, 0.717) is 17.3 Å². The maximum Gasteiger partial charge on any atom is 0.307 e.